The second kappa shape index (κ2) is 4.94. The number of carbonyl (C=O) groups is 1. The predicted octanol–water partition coefficient (Wildman–Crippen LogP) is 3.09. The number of aryl methyl sites for hydroxylation is 1. The highest BCUT2D eigenvalue weighted by molar-refractivity contribution is 6.02. The van der Waals surface area contributed by atoms with Crippen LogP contribution in [0.1, 0.15) is 22.0 Å². The minimum Gasteiger partial charge on any atom is -0.380 e. The molecule has 0 aliphatic rings. The lowest BCUT2D eigenvalue weighted by Crippen LogP contribution is -2.11. The molecule has 20 heavy (non-hydrogen) atoms. The van der Waals surface area contributed by atoms with Gasteiger partial charge in [-0.3, -0.25) is 4.79 Å². The Hall–Kier alpha value is -2.39. The van der Waals surface area contributed by atoms with Gasteiger partial charge in [0.1, 0.15) is 6.10 Å². The standard InChI is InChI=1S/C17H15NO2/c1-18-11-14(13-9-5-6-10-15(13)18)17(20)16(19)12-7-3-2-4-8-12/h2-11,17,20H,1H3. The van der Waals surface area contributed by atoms with Gasteiger partial charge in [-0.15, -0.1) is 0 Å². The van der Waals surface area contributed by atoms with Crippen molar-refractivity contribution in [2.24, 2.45) is 7.05 Å². The van der Waals surface area contributed by atoms with E-state index in [2.05, 4.69) is 0 Å². The maximum Gasteiger partial charge on any atom is 0.195 e. The zero-order valence-corrected chi connectivity index (χ0v) is 11.2. The zero-order chi connectivity index (χ0) is 14.1. The molecule has 0 aliphatic heterocycles. The summed E-state index contributed by atoms with van der Waals surface area (Å²) in [5.41, 5.74) is 2.17. The van der Waals surface area contributed by atoms with E-state index in [1.165, 1.54) is 0 Å². The molecule has 0 saturated heterocycles. The van der Waals surface area contributed by atoms with Crippen LogP contribution in [0.4, 0.5) is 0 Å². The fourth-order valence-electron chi connectivity index (χ4n) is 2.49. The van der Waals surface area contributed by atoms with Crippen molar-refractivity contribution < 1.29 is 9.90 Å². The number of para-hydroxylation sites is 1. The van der Waals surface area contributed by atoms with Gasteiger partial charge in [0.2, 0.25) is 0 Å². The Labute approximate surface area is 117 Å². The van der Waals surface area contributed by atoms with Gasteiger partial charge in [-0.2, -0.15) is 0 Å². The molecule has 1 aromatic heterocycles. The molecule has 3 heteroatoms. The first-order valence-corrected chi connectivity index (χ1v) is 6.50. The third-order valence-electron chi connectivity index (χ3n) is 3.53. The summed E-state index contributed by atoms with van der Waals surface area (Å²) in [5.74, 6) is -0.276. The molecule has 3 rings (SSSR count). The molecule has 0 aliphatic carbocycles. The van der Waals surface area contributed by atoms with E-state index in [1.54, 1.807) is 24.3 Å². The predicted molar refractivity (Wildman–Crippen MR) is 78.7 cm³/mol. The summed E-state index contributed by atoms with van der Waals surface area (Å²) in [6, 6.07) is 16.6. The first kappa shape index (κ1) is 12.6. The Morgan fingerprint density at radius 1 is 1.05 bits per heavy atom. The SMILES string of the molecule is Cn1cc(C(O)C(=O)c2ccccc2)c2ccccc21. The summed E-state index contributed by atoms with van der Waals surface area (Å²) in [7, 11) is 1.91. The molecule has 1 unspecified atom stereocenters. The highest BCUT2D eigenvalue weighted by atomic mass is 16.3. The first-order chi connectivity index (χ1) is 9.68. The van der Waals surface area contributed by atoms with Gasteiger partial charge in [0.05, 0.1) is 0 Å². The van der Waals surface area contributed by atoms with Gasteiger partial charge in [-0.05, 0) is 6.07 Å². The van der Waals surface area contributed by atoms with Crippen molar-refractivity contribution in [2.45, 2.75) is 6.10 Å². The van der Waals surface area contributed by atoms with E-state index in [9.17, 15) is 9.90 Å². The van der Waals surface area contributed by atoms with E-state index >= 15 is 0 Å². The lowest BCUT2D eigenvalue weighted by Gasteiger charge is -2.08. The van der Waals surface area contributed by atoms with Crippen molar-refractivity contribution in [3.8, 4) is 0 Å². The normalized spacial score (nSPS) is 12.5. The number of hydrogen-bond acceptors (Lipinski definition) is 2. The summed E-state index contributed by atoms with van der Waals surface area (Å²) in [6.07, 6.45) is 0.680. The van der Waals surface area contributed by atoms with Crippen LogP contribution in [-0.4, -0.2) is 15.5 Å². The van der Waals surface area contributed by atoms with E-state index in [4.69, 9.17) is 0 Å². The van der Waals surface area contributed by atoms with Crippen LogP contribution in [0.15, 0.2) is 60.8 Å². The average Bonchev–Trinajstić information content (AvgIpc) is 2.84. The van der Waals surface area contributed by atoms with Gasteiger partial charge in [-0.25, -0.2) is 0 Å². The van der Waals surface area contributed by atoms with Crippen molar-refractivity contribution in [3.05, 3.63) is 71.9 Å². The largest absolute Gasteiger partial charge is 0.380 e. The molecule has 3 aromatic rings. The molecule has 0 bridgehead atoms. The number of carbonyl (C=O) groups excluding carboxylic acids is 1. The van der Waals surface area contributed by atoms with Crippen LogP contribution in [0.3, 0.4) is 0 Å². The Kier molecular flexibility index (Phi) is 3.12. The molecule has 0 radical (unpaired) electrons. The van der Waals surface area contributed by atoms with E-state index in [-0.39, 0.29) is 5.78 Å². The molecule has 100 valence electrons. The van der Waals surface area contributed by atoms with Crippen LogP contribution in [-0.2, 0) is 7.05 Å². The summed E-state index contributed by atoms with van der Waals surface area (Å²) >= 11 is 0. The quantitative estimate of drug-likeness (QED) is 0.739. The molecule has 1 heterocycles. The van der Waals surface area contributed by atoms with Gasteiger partial charge in [0.15, 0.2) is 5.78 Å². The van der Waals surface area contributed by atoms with Gasteiger partial charge >= 0.3 is 0 Å². The number of fused-ring (bicyclic) bond motifs is 1. The lowest BCUT2D eigenvalue weighted by atomic mass is 10.00. The van der Waals surface area contributed by atoms with Crippen LogP contribution < -0.4 is 0 Å². The van der Waals surface area contributed by atoms with Crippen LogP contribution in [0.5, 0.6) is 0 Å². The molecule has 1 N–H and O–H groups in total. The molecule has 0 amide bonds. The van der Waals surface area contributed by atoms with E-state index in [1.807, 2.05) is 48.1 Å². The second-order valence-electron chi connectivity index (χ2n) is 4.85. The van der Waals surface area contributed by atoms with Gasteiger partial charge in [0, 0.05) is 35.3 Å². The van der Waals surface area contributed by atoms with Gasteiger partial charge < -0.3 is 9.67 Å². The van der Waals surface area contributed by atoms with Crippen molar-refractivity contribution in [2.75, 3.05) is 0 Å². The Morgan fingerprint density at radius 3 is 2.45 bits per heavy atom. The van der Waals surface area contributed by atoms with E-state index in [0.29, 0.717) is 11.1 Å². The average molecular weight is 265 g/mol. The minimum absolute atomic E-state index is 0.276. The Balaban J connectivity index is 2.05. The topological polar surface area (TPSA) is 42.2 Å². The molecule has 0 saturated carbocycles. The molecule has 2 aromatic carbocycles. The van der Waals surface area contributed by atoms with Crippen molar-refractivity contribution in [1.29, 1.82) is 0 Å². The number of aliphatic hydroxyl groups is 1. The van der Waals surface area contributed by atoms with Crippen LogP contribution >= 0.6 is 0 Å². The van der Waals surface area contributed by atoms with Crippen LogP contribution in [0, 0.1) is 0 Å². The van der Waals surface area contributed by atoms with Crippen molar-refractivity contribution in [3.63, 3.8) is 0 Å². The van der Waals surface area contributed by atoms with Crippen LogP contribution in [0.2, 0.25) is 0 Å². The van der Waals surface area contributed by atoms with Crippen LogP contribution in [0.25, 0.3) is 10.9 Å². The monoisotopic (exact) mass is 265 g/mol. The molecular weight excluding hydrogens is 250 g/mol. The zero-order valence-electron chi connectivity index (χ0n) is 11.2. The first-order valence-electron chi connectivity index (χ1n) is 6.50. The number of benzene rings is 2. The van der Waals surface area contributed by atoms with Gasteiger partial charge in [-0.1, -0.05) is 48.5 Å². The summed E-state index contributed by atoms with van der Waals surface area (Å²) in [6.45, 7) is 0. The fraction of sp³-hybridized carbons (Fsp3) is 0.118. The number of rotatable bonds is 3. The molecule has 1 atom stereocenters. The maximum absolute atomic E-state index is 12.3. The number of aliphatic hydroxyl groups excluding tert-OH is 1. The highest BCUT2D eigenvalue weighted by Gasteiger charge is 2.22. The smallest absolute Gasteiger partial charge is 0.195 e. The third-order valence-corrected chi connectivity index (χ3v) is 3.53. The summed E-state index contributed by atoms with van der Waals surface area (Å²) < 4.78 is 1.92. The summed E-state index contributed by atoms with van der Waals surface area (Å²) in [4.78, 5) is 12.3. The van der Waals surface area contributed by atoms with E-state index in [0.717, 1.165) is 10.9 Å². The molecule has 3 nitrogen and oxygen atoms in total. The maximum atomic E-state index is 12.3. The molecule has 0 spiro atoms. The van der Waals surface area contributed by atoms with Crippen molar-refractivity contribution >= 4 is 16.7 Å². The van der Waals surface area contributed by atoms with E-state index < -0.39 is 6.10 Å². The fourth-order valence-corrected chi connectivity index (χ4v) is 2.49. The number of ketones is 1. The lowest BCUT2D eigenvalue weighted by molar-refractivity contribution is 0.0749. The number of nitrogens with zero attached hydrogens (tertiary/aromatic N) is 1. The summed E-state index contributed by atoms with van der Waals surface area (Å²) in [5, 5.41) is 11.3. The van der Waals surface area contributed by atoms with Gasteiger partial charge in [0.25, 0.3) is 0 Å². The molecular formula is C17H15NO2. The third kappa shape index (κ3) is 2.02. The number of aromatic nitrogens is 1. The minimum atomic E-state index is -1.14. The van der Waals surface area contributed by atoms with Crippen molar-refractivity contribution in [1.82, 2.24) is 4.57 Å². The highest BCUT2D eigenvalue weighted by Crippen LogP contribution is 2.28. The Morgan fingerprint density at radius 2 is 1.70 bits per heavy atom. The molecule has 0 fully saturated rings. The number of Topliss-reactive ketones (excluding diaryl/α,β-unsaturated/α-hetero) is 1. The second-order valence-corrected chi connectivity index (χ2v) is 4.85. The number of hydrogen-bond donors (Lipinski definition) is 1. The Bertz CT molecular complexity index is 759.